The van der Waals surface area contributed by atoms with Gasteiger partial charge in [0, 0.05) is 17.5 Å². The van der Waals surface area contributed by atoms with E-state index in [4.69, 9.17) is 16.7 Å². The van der Waals surface area contributed by atoms with Crippen molar-refractivity contribution in [2.45, 2.75) is 6.42 Å². The highest BCUT2D eigenvalue weighted by Crippen LogP contribution is 2.23. The topological polar surface area (TPSA) is 50.9 Å². The molecule has 4 nitrogen and oxygen atoms in total. The van der Waals surface area contributed by atoms with Crippen LogP contribution in [0.3, 0.4) is 0 Å². The molecule has 2 rings (SSSR count). The maximum Gasteiger partial charge on any atom is 0.0861 e. The SMILES string of the molecule is OCCc1cn(-c2cc(Br)ccc2Cl)nn1. The second-order valence-electron chi connectivity index (χ2n) is 3.22. The Bertz CT molecular complexity index is 501. The van der Waals surface area contributed by atoms with E-state index in [1.165, 1.54) is 0 Å². The predicted molar refractivity (Wildman–Crippen MR) is 64.9 cm³/mol. The highest BCUT2D eigenvalue weighted by Gasteiger charge is 2.06. The summed E-state index contributed by atoms with van der Waals surface area (Å²) < 4.78 is 2.52. The Morgan fingerprint density at radius 2 is 2.25 bits per heavy atom. The maximum absolute atomic E-state index is 8.79. The van der Waals surface area contributed by atoms with E-state index < -0.39 is 0 Å². The first-order valence-corrected chi connectivity index (χ1v) is 5.85. The average molecular weight is 303 g/mol. The smallest absolute Gasteiger partial charge is 0.0861 e. The fourth-order valence-corrected chi connectivity index (χ4v) is 1.86. The molecule has 0 aliphatic heterocycles. The largest absolute Gasteiger partial charge is 0.396 e. The molecule has 0 amide bonds. The normalized spacial score (nSPS) is 10.7. The van der Waals surface area contributed by atoms with E-state index in [1.54, 1.807) is 16.9 Å². The van der Waals surface area contributed by atoms with Gasteiger partial charge in [-0.1, -0.05) is 32.7 Å². The molecule has 1 heterocycles. The summed E-state index contributed by atoms with van der Waals surface area (Å²) in [5.74, 6) is 0. The molecule has 0 spiro atoms. The lowest BCUT2D eigenvalue weighted by molar-refractivity contribution is 0.298. The summed E-state index contributed by atoms with van der Waals surface area (Å²) in [6.45, 7) is 0.0604. The molecule has 0 atom stereocenters. The molecule has 0 fully saturated rings. The van der Waals surface area contributed by atoms with Crippen molar-refractivity contribution in [3.63, 3.8) is 0 Å². The quantitative estimate of drug-likeness (QED) is 0.946. The fraction of sp³-hybridized carbons (Fsp3) is 0.200. The summed E-state index contributed by atoms with van der Waals surface area (Å²) in [4.78, 5) is 0. The zero-order valence-electron chi connectivity index (χ0n) is 8.27. The third-order valence-corrected chi connectivity index (χ3v) is 2.88. The number of aliphatic hydroxyl groups is 1. The van der Waals surface area contributed by atoms with E-state index in [-0.39, 0.29) is 6.61 Å². The van der Waals surface area contributed by atoms with Gasteiger partial charge in [0.05, 0.1) is 22.6 Å². The summed E-state index contributed by atoms with van der Waals surface area (Å²) in [5.41, 5.74) is 1.49. The molecule has 16 heavy (non-hydrogen) atoms. The number of rotatable bonds is 3. The van der Waals surface area contributed by atoms with E-state index in [0.29, 0.717) is 11.4 Å². The third kappa shape index (κ3) is 2.42. The van der Waals surface area contributed by atoms with Gasteiger partial charge in [-0.05, 0) is 18.2 Å². The zero-order valence-corrected chi connectivity index (χ0v) is 10.6. The Morgan fingerprint density at radius 1 is 1.44 bits per heavy atom. The molecule has 0 unspecified atom stereocenters. The summed E-state index contributed by atoms with van der Waals surface area (Å²) in [6, 6.07) is 5.51. The van der Waals surface area contributed by atoms with Gasteiger partial charge in [0.25, 0.3) is 0 Å². The molecule has 0 saturated heterocycles. The Balaban J connectivity index is 2.38. The molecular weight excluding hydrogens is 293 g/mol. The van der Waals surface area contributed by atoms with Gasteiger partial charge < -0.3 is 5.11 Å². The number of nitrogens with zero attached hydrogens (tertiary/aromatic N) is 3. The molecule has 0 aliphatic carbocycles. The number of halogens is 2. The van der Waals surface area contributed by atoms with Crippen molar-refractivity contribution in [3.8, 4) is 5.69 Å². The molecule has 1 N–H and O–H groups in total. The Morgan fingerprint density at radius 3 is 3.00 bits per heavy atom. The lowest BCUT2D eigenvalue weighted by Crippen LogP contribution is -1.95. The lowest BCUT2D eigenvalue weighted by Gasteiger charge is -2.03. The molecule has 0 saturated carbocycles. The van der Waals surface area contributed by atoms with Crippen molar-refractivity contribution in [2.75, 3.05) is 6.61 Å². The summed E-state index contributed by atoms with van der Waals surface area (Å²) >= 11 is 9.43. The number of aliphatic hydroxyl groups excluding tert-OH is 1. The Hall–Kier alpha value is -0.910. The minimum absolute atomic E-state index is 0.0604. The minimum Gasteiger partial charge on any atom is -0.396 e. The molecule has 6 heteroatoms. The summed E-state index contributed by atoms with van der Waals surface area (Å²) in [6.07, 6.45) is 2.25. The van der Waals surface area contributed by atoms with Crippen molar-refractivity contribution >= 4 is 27.5 Å². The van der Waals surface area contributed by atoms with E-state index >= 15 is 0 Å². The van der Waals surface area contributed by atoms with Crippen LogP contribution in [0.15, 0.2) is 28.9 Å². The second kappa shape index (κ2) is 4.95. The molecule has 1 aromatic heterocycles. The maximum atomic E-state index is 8.79. The van der Waals surface area contributed by atoms with E-state index in [1.807, 2.05) is 12.1 Å². The number of aromatic nitrogens is 3. The van der Waals surface area contributed by atoms with Crippen LogP contribution in [0.5, 0.6) is 0 Å². The highest BCUT2D eigenvalue weighted by atomic mass is 79.9. The van der Waals surface area contributed by atoms with Gasteiger partial charge in [-0.3, -0.25) is 0 Å². The monoisotopic (exact) mass is 301 g/mol. The van der Waals surface area contributed by atoms with Gasteiger partial charge in [-0.25, -0.2) is 4.68 Å². The van der Waals surface area contributed by atoms with Crippen LogP contribution in [0.25, 0.3) is 5.69 Å². The summed E-state index contributed by atoms with van der Waals surface area (Å²) in [5, 5.41) is 17.3. The van der Waals surface area contributed by atoms with Gasteiger partial charge in [0.1, 0.15) is 0 Å². The first-order valence-electron chi connectivity index (χ1n) is 4.68. The van der Waals surface area contributed by atoms with Crippen LogP contribution in [0.1, 0.15) is 5.69 Å². The second-order valence-corrected chi connectivity index (χ2v) is 4.55. The number of hydrogen-bond donors (Lipinski definition) is 1. The van der Waals surface area contributed by atoms with Crippen LogP contribution in [-0.2, 0) is 6.42 Å². The van der Waals surface area contributed by atoms with Gasteiger partial charge >= 0.3 is 0 Å². The van der Waals surface area contributed by atoms with Gasteiger partial charge in [-0.15, -0.1) is 5.10 Å². The Labute approximate surface area is 106 Å². The third-order valence-electron chi connectivity index (χ3n) is 2.06. The van der Waals surface area contributed by atoms with Crippen molar-refractivity contribution in [1.29, 1.82) is 0 Å². The van der Waals surface area contributed by atoms with E-state index in [2.05, 4.69) is 26.2 Å². The molecule has 2 aromatic rings. The number of hydrogen-bond acceptors (Lipinski definition) is 3. The first-order chi connectivity index (χ1) is 7.70. The molecule has 1 aromatic carbocycles. The van der Waals surface area contributed by atoms with Gasteiger partial charge in [0.15, 0.2) is 0 Å². The van der Waals surface area contributed by atoms with E-state index in [0.717, 1.165) is 15.9 Å². The summed E-state index contributed by atoms with van der Waals surface area (Å²) in [7, 11) is 0. The van der Waals surface area contributed by atoms with Crippen LogP contribution in [0.4, 0.5) is 0 Å². The van der Waals surface area contributed by atoms with Gasteiger partial charge in [0.2, 0.25) is 0 Å². The van der Waals surface area contributed by atoms with Crippen molar-refractivity contribution in [2.24, 2.45) is 0 Å². The van der Waals surface area contributed by atoms with Crippen LogP contribution >= 0.6 is 27.5 Å². The van der Waals surface area contributed by atoms with Crippen molar-refractivity contribution in [1.82, 2.24) is 15.0 Å². The standard InChI is InChI=1S/C10H9BrClN3O/c11-7-1-2-9(12)10(5-7)15-6-8(3-4-16)13-14-15/h1-2,5-6,16H,3-4H2. The van der Waals surface area contributed by atoms with Crippen molar-refractivity contribution in [3.05, 3.63) is 39.6 Å². The Kier molecular flexibility index (Phi) is 3.58. The van der Waals surface area contributed by atoms with Crippen LogP contribution < -0.4 is 0 Å². The number of benzene rings is 1. The van der Waals surface area contributed by atoms with Gasteiger partial charge in [-0.2, -0.15) is 0 Å². The fourth-order valence-electron chi connectivity index (χ4n) is 1.31. The molecule has 84 valence electrons. The molecule has 0 aliphatic rings. The van der Waals surface area contributed by atoms with Crippen LogP contribution in [-0.4, -0.2) is 26.7 Å². The zero-order chi connectivity index (χ0) is 11.5. The highest BCUT2D eigenvalue weighted by molar-refractivity contribution is 9.10. The minimum atomic E-state index is 0.0604. The molecule has 0 bridgehead atoms. The van der Waals surface area contributed by atoms with E-state index in [9.17, 15) is 0 Å². The molecular formula is C10H9BrClN3O. The van der Waals surface area contributed by atoms with Crippen LogP contribution in [0, 0.1) is 0 Å². The van der Waals surface area contributed by atoms with Crippen LogP contribution in [0.2, 0.25) is 5.02 Å². The molecule has 0 radical (unpaired) electrons. The van der Waals surface area contributed by atoms with Crippen molar-refractivity contribution < 1.29 is 5.11 Å². The predicted octanol–water partition coefficient (Wildman–Crippen LogP) is 2.22. The first kappa shape index (κ1) is 11.6. The lowest BCUT2D eigenvalue weighted by atomic mass is 10.3. The average Bonchev–Trinajstić information content (AvgIpc) is 2.71.